The molecule has 5 N–H and O–H groups in total. The Bertz CT molecular complexity index is 929. The van der Waals surface area contributed by atoms with Crippen LogP contribution in [-0.4, -0.2) is 58.9 Å². The SMILES string of the molecule is C=CC(=O)N(CCC(N)=O)NC(=O)C(CC(C)C)NC(=O)CC(NC(=O)OCc1ccccc1)SC.CCC. The molecule has 0 aliphatic rings. The van der Waals surface area contributed by atoms with E-state index in [2.05, 4.69) is 36.5 Å². The van der Waals surface area contributed by atoms with E-state index in [9.17, 15) is 24.0 Å². The maximum absolute atomic E-state index is 12.9. The smallest absolute Gasteiger partial charge is 0.408 e. The summed E-state index contributed by atoms with van der Waals surface area (Å²) in [7, 11) is 0. The highest BCUT2D eigenvalue weighted by atomic mass is 32.2. The van der Waals surface area contributed by atoms with Crippen LogP contribution in [0.2, 0.25) is 0 Å². The highest BCUT2D eigenvalue weighted by Gasteiger charge is 2.26. The van der Waals surface area contributed by atoms with Gasteiger partial charge in [-0.25, -0.2) is 9.80 Å². The summed E-state index contributed by atoms with van der Waals surface area (Å²) in [5, 5.41) is 5.62. The van der Waals surface area contributed by atoms with Crippen LogP contribution < -0.4 is 21.8 Å². The molecule has 218 valence electrons. The Labute approximate surface area is 235 Å². The standard InChI is InChI=1S/C24H35N5O6S.C3H8/c1-5-22(32)29(12-11-19(25)30)28-23(33)18(13-16(2)3)26-20(31)14-21(36-4)27-24(34)35-15-17-9-7-6-8-10-17;1-3-2/h5-10,16,18,21H,1,11-15H2,2-4H3,(H2,25,30)(H,26,31)(H,27,34)(H,28,33);3H2,1-2H3. The minimum Gasteiger partial charge on any atom is -0.445 e. The fourth-order valence-electron chi connectivity index (χ4n) is 2.98. The Morgan fingerprint density at radius 2 is 1.72 bits per heavy atom. The summed E-state index contributed by atoms with van der Waals surface area (Å²) >= 11 is 1.24. The van der Waals surface area contributed by atoms with Gasteiger partial charge in [0.15, 0.2) is 0 Å². The van der Waals surface area contributed by atoms with Crippen LogP contribution in [0.15, 0.2) is 43.0 Å². The van der Waals surface area contributed by atoms with Gasteiger partial charge in [0.1, 0.15) is 12.6 Å². The number of alkyl carbamates (subject to hydrolysis) is 1. The van der Waals surface area contributed by atoms with Crippen LogP contribution in [0, 0.1) is 5.92 Å². The number of hydrazine groups is 1. The predicted molar refractivity (Wildman–Crippen MR) is 153 cm³/mol. The zero-order valence-electron chi connectivity index (χ0n) is 23.5. The van der Waals surface area contributed by atoms with Gasteiger partial charge in [0.25, 0.3) is 11.8 Å². The van der Waals surface area contributed by atoms with Crippen molar-refractivity contribution >= 4 is 41.5 Å². The molecule has 0 aliphatic heterocycles. The van der Waals surface area contributed by atoms with Crippen LogP contribution in [0.4, 0.5) is 4.79 Å². The lowest BCUT2D eigenvalue weighted by molar-refractivity contribution is -0.140. The average molecular weight is 566 g/mol. The summed E-state index contributed by atoms with van der Waals surface area (Å²) in [6.07, 6.45) is 3.31. The molecular formula is C27H43N5O6S. The summed E-state index contributed by atoms with van der Waals surface area (Å²) < 4.78 is 5.19. The van der Waals surface area contributed by atoms with Crippen molar-refractivity contribution in [2.24, 2.45) is 11.7 Å². The molecule has 1 aromatic rings. The third kappa shape index (κ3) is 16.8. The average Bonchev–Trinajstić information content (AvgIpc) is 2.89. The normalized spacial score (nSPS) is 11.6. The number of rotatable bonds is 14. The van der Waals surface area contributed by atoms with E-state index in [0.29, 0.717) is 6.42 Å². The fourth-order valence-corrected chi connectivity index (χ4v) is 3.51. The van der Waals surface area contributed by atoms with Gasteiger partial charge < -0.3 is 21.1 Å². The molecule has 1 aromatic carbocycles. The van der Waals surface area contributed by atoms with E-state index >= 15 is 0 Å². The number of thioether (sulfide) groups is 1. The molecule has 0 saturated heterocycles. The van der Waals surface area contributed by atoms with Gasteiger partial charge in [-0.1, -0.05) is 71.0 Å². The third-order valence-corrected chi connectivity index (χ3v) is 5.63. The molecule has 0 spiro atoms. The Hall–Kier alpha value is -3.54. The topological polar surface area (TPSA) is 160 Å². The van der Waals surface area contributed by atoms with Crippen molar-refractivity contribution < 1.29 is 28.7 Å². The van der Waals surface area contributed by atoms with Crippen LogP contribution in [0.3, 0.4) is 0 Å². The maximum atomic E-state index is 12.9. The number of carbonyl (C=O) groups excluding carboxylic acids is 5. The fraction of sp³-hybridized carbons (Fsp3) is 0.519. The number of ether oxygens (including phenoxy) is 1. The predicted octanol–water partition coefficient (Wildman–Crippen LogP) is 2.86. The molecule has 0 saturated carbocycles. The van der Waals surface area contributed by atoms with Crippen LogP contribution in [0.1, 0.15) is 58.9 Å². The van der Waals surface area contributed by atoms with Gasteiger partial charge >= 0.3 is 6.09 Å². The minimum absolute atomic E-state index is 0.0395. The Morgan fingerprint density at radius 3 is 2.23 bits per heavy atom. The molecular weight excluding hydrogens is 522 g/mol. The van der Waals surface area contributed by atoms with E-state index in [0.717, 1.165) is 16.6 Å². The second-order valence-corrected chi connectivity index (χ2v) is 10.0. The third-order valence-electron chi connectivity index (χ3n) is 4.77. The number of nitrogens with one attached hydrogen (secondary N) is 3. The molecule has 0 heterocycles. The number of nitrogens with two attached hydrogens (primary N) is 1. The van der Waals surface area contributed by atoms with Crippen molar-refractivity contribution in [2.45, 2.75) is 71.4 Å². The van der Waals surface area contributed by atoms with Crippen molar-refractivity contribution in [1.29, 1.82) is 0 Å². The first kappa shape index (κ1) is 35.5. The Morgan fingerprint density at radius 1 is 1.10 bits per heavy atom. The molecule has 2 atom stereocenters. The van der Waals surface area contributed by atoms with E-state index in [1.54, 1.807) is 6.26 Å². The molecule has 0 aliphatic carbocycles. The van der Waals surface area contributed by atoms with Gasteiger partial charge in [-0.15, -0.1) is 11.8 Å². The van der Waals surface area contributed by atoms with Crippen molar-refractivity contribution in [3.05, 3.63) is 48.6 Å². The zero-order valence-corrected chi connectivity index (χ0v) is 24.3. The number of hydrogen-bond acceptors (Lipinski definition) is 7. The zero-order chi connectivity index (χ0) is 29.8. The molecule has 39 heavy (non-hydrogen) atoms. The second-order valence-electron chi connectivity index (χ2n) is 8.98. The highest BCUT2D eigenvalue weighted by molar-refractivity contribution is 7.99. The van der Waals surface area contributed by atoms with E-state index in [1.807, 2.05) is 44.2 Å². The molecule has 12 heteroatoms. The lowest BCUT2D eigenvalue weighted by Crippen LogP contribution is -2.55. The molecule has 0 aromatic heterocycles. The first-order chi connectivity index (χ1) is 18.5. The summed E-state index contributed by atoms with van der Waals surface area (Å²) in [6, 6.07) is 8.21. The number of primary amides is 1. The lowest BCUT2D eigenvalue weighted by Gasteiger charge is -2.26. The van der Waals surface area contributed by atoms with E-state index < -0.39 is 41.1 Å². The van der Waals surface area contributed by atoms with E-state index in [1.165, 1.54) is 18.2 Å². The van der Waals surface area contributed by atoms with Gasteiger partial charge in [-0.05, 0) is 30.2 Å². The molecule has 2 unspecified atom stereocenters. The summed E-state index contributed by atoms with van der Waals surface area (Å²) in [5.74, 6) is -2.33. The van der Waals surface area contributed by atoms with Gasteiger partial charge in [0, 0.05) is 6.42 Å². The van der Waals surface area contributed by atoms with Gasteiger partial charge in [0.05, 0.1) is 18.3 Å². The molecule has 0 fully saturated rings. The van der Waals surface area contributed by atoms with Crippen LogP contribution in [0.5, 0.6) is 0 Å². The Kier molecular flexibility index (Phi) is 18.6. The number of amides is 5. The summed E-state index contributed by atoms with van der Waals surface area (Å²) in [5.41, 5.74) is 8.38. The Balaban J connectivity index is 0.00000458. The van der Waals surface area contributed by atoms with Gasteiger partial charge in [-0.3, -0.25) is 24.6 Å². The van der Waals surface area contributed by atoms with Gasteiger partial charge in [-0.2, -0.15) is 0 Å². The summed E-state index contributed by atoms with van der Waals surface area (Å²) in [6.45, 7) is 11.3. The van der Waals surface area contributed by atoms with Crippen molar-refractivity contribution in [2.75, 3.05) is 12.8 Å². The van der Waals surface area contributed by atoms with Crippen LogP contribution >= 0.6 is 11.8 Å². The molecule has 11 nitrogen and oxygen atoms in total. The minimum atomic E-state index is -0.960. The van der Waals surface area contributed by atoms with Crippen LogP contribution in [-0.2, 0) is 30.5 Å². The largest absolute Gasteiger partial charge is 0.445 e. The van der Waals surface area contributed by atoms with E-state index in [4.69, 9.17) is 10.5 Å². The van der Waals surface area contributed by atoms with Crippen molar-refractivity contribution in [3.63, 3.8) is 0 Å². The number of benzene rings is 1. The quantitative estimate of drug-likeness (QED) is 0.153. The van der Waals surface area contributed by atoms with E-state index in [-0.39, 0.29) is 31.9 Å². The molecule has 0 radical (unpaired) electrons. The first-order valence-electron chi connectivity index (χ1n) is 12.8. The molecule has 0 bridgehead atoms. The lowest BCUT2D eigenvalue weighted by atomic mass is 10.0. The number of nitrogens with zero attached hydrogens (tertiary/aromatic N) is 1. The van der Waals surface area contributed by atoms with Crippen LogP contribution in [0.25, 0.3) is 0 Å². The first-order valence-corrected chi connectivity index (χ1v) is 14.1. The second kappa shape index (κ2) is 20.4. The number of hydrogen-bond donors (Lipinski definition) is 4. The highest BCUT2D eigenvalue weighted by Crippen LogP contribution is 2.11. The van der Waals surface area contributed by atoms with Crippen molar-refractivity contribution in [1.82, 2.24) is 21.1 Å². The number of carbonyl (C=O) groups is 5. The monoisotopic (exact) mass is 565 g/mol. The molecule has 5 amide bonds. The maximum Gasteiger partial charge on any atom is 0.408 e. The molecule has 1 rings (SSSR count). The van der Waals surface area contributed by atoms with Gasteiger partial charge in [0.2, 0.25) is 11.8 Å². The van der Waals surface area contributed by atoms with Crippen molar-refractivity contribution in [3.8, 4) is 0 Å². The summed E-state index contributed by atoms with van der Waals surface area (Å²) in [4.78, 5) is 60.9.